The van der Waals surface area contributed by atoms with Crippen LogP contribution in [-0.2, 0) is 0 Å². The second-order valence-electron chi connectivity index (χ2n) is 10.8. The summed E-state index contributed by atoms with van der Waals surface area (Å²) in [7, 11) is 0. The van der Waals surface area contributed by atoms with Gasteiger partial charge in [-0.3, -0.25) is 0 Å². The molecule has 0 aliphatic carbocycles. The van der Waals surface area contributed by atoms with E-state index in [-0.39, 0.29) is 0 Å². The third-order valence-electron chi connectivity index (χ3n) is 7.99. The van der Waals surface area contributed by atoms with Crippen LogP contribution in [0.1, 0.15) is 5.56 Å². The van der Waals surface area contributed by atoms with E-state index in [0.29, 0.717) is 23.0 Å². The van der Waals surface area contributed by atoms with Crippen LogP contribution < -0.4 is 0 Å². The normalized spacial score (nSPS) is 11.1. The minimum Gasteiger partial charge on any atom is -0.208 e. The third-order valence-corrected chi connectivity index (χ3v) is 9.11. The third kappa shape index (κ3) is 5.04. The van der Waals surface area contributed by atoms with Crippen LogP contribution >= 0.6 is 11.3 Å². The van der Waals surface area contributed by atoms with E-state index >= 15 is 0 Å². The topological polar surface area (TPSA) is 62.5 Å². The summed E-state index contributed by atoms with van der Waals surface area (Å²) in [5.74, 6) is 1.69. The van der Waals surface area contributed by atoms with Gasteiger partial charge >= 0.3 is 0 Å². The van der Waals surface area contributed by atoms with E-state index in [0.717, 1.165) is 59.1 Å². The molecular weight excluding hydrogens is 569 g/mol. The highest BCUT2D eigenvalue weighted by Crippen LogP contribution is 2.38. The van der Waals surface area contributed by atoms with E-state index in [9.17, 15) is 5.26 Å². The number of rotatable bonds is 5. The lowest BCUT2D eigenvalue weighted by Crippen LogP contribution is -2.00. The van der Waals surface area contributed by atoms with Gasteiger partial charge in [0.25, 0.3) is 0 Å². The van der Waals surface area contributed by atoms with Gasteiger partial charge < -0.3 is 0 Å². The Labute approximate surface area is 264 Å². The lowest BCUT2D eigenvalue weighted by atomic mass is 10.0. The largest absolute Gasteiger partial charge is 0.208 e. The number of hydrogen-bond acceptors (Lipinski definition) is 5. The van der Waals surface area contributed by atoms with Crippen molar-refractivity contribution in [2.75, 3.05) is 0 Å². The summed E-state index contributed by atoms with van der Waals surface area (Å²) in [5.41, 5.74) is 7.74. The molecule has 0 spiro atoms. The molecule has 45 heavy (non-hydrogen) atoms. The predicted octanol–water partition coefficient (Wildman–Crippen LogP) is 10.4. The van der Waals surface area contributed by atoms with E-state index in [1.54, 1.807) is 11.3 Å². The summed E-state index contributed by atoms with van der Waals surface area (Å²) >= 11 is 1.68. The Bertz CT molecular complexity index is 2250. The molecule has 0 aliphatic heterocycles. The number of fused-ring (bicyclic) bond motifs is 3. The first kappa shape index (κ1) is 26.7. The standard InChI is InChI=1S/C40H24N4S/c41-25-33-23-32(24-36-37(33)34-13-7-8-14-35(34)45-36)40-43-38(30-19-15-28(16-20-30)26-9-3-1-4-10-26)42-39(44-40)31-21-17-29(18-22-31)27-11-5-2-6-12-27/h1-24H. The van der Waals surface area contributed by atoms with Crippen molar-refractivity contribution in [2.45, 2.75) is 0 Å². The first-order chi connectivity index (χ1) is 22.2. The minimum absolute atomic E-state index is 0.533. The number of nitrogens with zero attached hydrogens (tertiary/aromatic N) is 4. The van der Waals surface area contributed by atoms with Gasteiger partial charge in [0.2, 0.25) is 0 Å². The molecule has 8 rings (SSSR count). The van der Waals surface area contributed by atoms with Gasteiger partial charge in [-0.15, -0.1) is 11.3 Å². The highest BCUT2D eigenvalue weighted by atomic mass is 32.1. The highest BCUT2D eigenvalue weighted by Gasteiger charge is 2.17. The average molecular weight is 593 g/mol. The summed E-state index contributed by atoms with van der Waals surface area (Å²) < 4.78 is 2.18. The molecule has 2 aromatic heterocycles. The van der Waals surface area contributed by atoms with Crippen LogP contribution in [-0.4, -0.2) is 15.0 Å². The summed E-state index contributed by atoms with van der Waals surface area (Å²) in [6.45, 7) is 0. The summed E-state index contributed by atoms with van der Waals surface area (Å²) in [4.78, 5) is 14.9. The van der Waals surface area contributed by atoms with Gasteiger partial charge in [0.05, 0.1) is 11.6 Å². The Kier molecular flexibility index (Phi) is 6.68. The smallest absolute Gasteiger partial charge is 0.164 e. The molecule has 5 heteroatoms. The Hall–Kier alpha value is -5.96. The van der Waals surface area contributed by atoms with Crippen molar-refractivity contribution < 1.29 is 0 Å². The summed E-state index contributed by atoms with van der Waals surface area (Å²) in [5, 5.41) is 12.3. The van der Waals surface area contributed by atoms with Gasteiger partial charge in [-0.25, -0.2) is 15.0 Å². The first-order valence-corrected chi connectivity index (χ1v) is 15.5. The molecule has 6 aromatic carbocycles. The number of nitriles is 1. The Morgan fingerprint density at radius 2 is 0.867 bits per heavy atom. The zero-order chi connectivity index (χ0) is 30.2. The average Bonchev–Trinajstić information content (AvgIpc) is 3.51. The van der Waals surface area contributed by atoms with Crippen LogP contribution in [0.3, 0.4) is 0 Å². The second-order valence-corrected chi connectivity index (χ2v) is 11.9. The van der Waals surface area contributed by atoms with Crippen molar-refractivity contribution in [2.24, 2.45) is 0 Å². The molecule has 0 saturated heterocycles. The zero-order valence-electron chi connectivity index (χ0n) is 24.1. The number of aromatic nitrogens is 3. The number of thiophene rings is 1. The van der Waals surface area contributed by atoms with Crippen LogP contribution in [0.25, 0.3) is 76.6 Å². The lowest BCUT2D eigenvalue weighted by molar-refractivity contribution is 1.07. The molecule has 0 bridgehead atoms. The van der Waals surface area contributed by atoms with Crippen molar-refractivity contribution in [1.29, 1.82) is 5.26 Å². The molecule has 0 saturated carbocycles. The molecule has 0 aliphatic rings. The number of hydrogen-bond donors (Lipinski definition) is 0. The van der Waals surface area contributed by atoms with E-state index in [1.165, 1.54) is 0 Å². The van der Waals surface area contributed by atoms with E-state index in [2.05, 4.69) is 97.1 Å². The van der Waals surface area contributed by atoms with Gasteiger partial charge in [-0.05, 0) is 40.5 Å². The van der Waals surface area contributed by atoms with Crippen molar-refractivity contribution in [3.8, 4) is 62.5 Å². The van der Waals surface area contributed by atoms with Crippen LogP contribution in [0.2, 0.25) is 0 Å². The molecule has 2 heterocycles. The predicted molar refractivity (Wildman–Crippen MR) is 185 cm³/mol. The molecule has 0 fully saturated rings. The van der Waals surface area contributed by atoms with Gasteiger partial charge in [0.1, 0.15) is 0 Å². The summed E-state index contributed by atoms with van der Waals surface area (Å²) in [6.07, 6.45) is 0. The quantitative estimate of drug-likeness (QED) is 0.199. The molecule has 0 N–H and O–H groups in total. The fraction of sp³-hybridized carbons (Fsp3) is 0. The molecule has 210 valence electrons. The highest BCUT2D eigenvalue weighted by molar-refractivity contribution is 7.25. The Balaban J connectivity index is 1.28. The van der Waals surface area contributed by atoms with Gasteiger partial charge in [0, 0.05) is 36.9 Å². The molecule has 4 nitrogen and oxygen atoms in total. The zero-order valence-corrected chi connectivity index (χ0v) is 24.9. The van der Waals surface area contributed by atoms with E-state index in [1.807, 2.05) is 54.6 Å². The van der Waals surface area contributed by atoms with E-state index in [4.69, 9.17) is 15.0 Å². The fourth-order valence-electron chi connectivity index (χ4n) is 5.72. The molecular formula is C40H24N4S. The Morgan fingerprint density at radius 3 is 1.40 bits per heavy atom. The van der Waals surface area contributed by atoms with Gasteiger partial charge in [-0.1, -0.05) is 127 Å². The van der Waals surface area contributed by atoms with Gasteiger partial charge in [0.15, 0.2) is 17.5 Å². The van der Waals surface area contributed by atoms with Crippen molar-refractivity contribution >= 4 is 31.5 Å². The molecule has 0 atom stereocenters. The summed E-state index contributed by atoms with van der Waals surface area (Å²) in [6, 6.07) is 51.9. The van der Waals surface area contributed by atoms with Crippen molar-refractivity contribution in [3.05, 3.63) is 151 Å². The molecule has 8 aromatic rings. The van der Waals surface area contributed by atoms with Crippen LogP contribution in [0, 0.1) is 11.3 Å². The van der Waals surface area contributed by atoms with Crippen LogP contribution in [0.4, 0.5) is 0 Å². The van der Waals surface area contributed by atoms with Crippen molar-refractivity contribution in [3.63, 3.8) is 0 Å². The second kappa shape index (κ2) is 11.3. The maximum absolute atomic E-state index is 10.2. The van der Waals surface area contributed by atoms with Crippen LogP contribution in [0.5, 0.6) is 0 Å². The van der Waals surface area contributed by atoms with E-state index < -0.39 is 0 Å². The first-order valence-electron chi connectivity index (χ1n) is 14.7. The Morgan fingerprint density at radius 1 is 0.422 bits per heavy atom. The molecule has 0 radical (unpaired) electrons. The number of benzene rings is 6. The fourth-order valence-corrected chi connectivity index (χ4v) is 6.89. The van der Waals surface area contributed by atoms with Crippen molar-refractivity contribution in [1.82, 2.24) is 15.0 Å². The lowest BCUT2D eigenvalue weighted by Gasteiger charge is -2.10. The molecule has 0 unspecified atom stereocenters. The van der Waals surface area contributed by atoms with Gasteiger partial charge in [-0.2, -0.15) is 5.26 Å². The van der Waals surface area contributed by atoms with Crippen LogP contribution in [0.15, 0.2) is 146 Å². The minimum atomic E-state index is 0.533. The maximum Gasteiger partial charge on any atom is 0.164 e. The molecule has 0 amide bonds. The SMILES string of the molecule is N#Cc1cc(-c2nc(-c3ccc(-c4ccccc4)cc3)nc(-c3ccc(-c4ccccc4)cc3)n2)cc2sc3ccccc3c12. The maximum atomic E-state index is 10.2. The monoisotopic (exact) mass is 592 g/mol.